The molecule has 0 bridgehead atoms. The van der Waals surface area contributed by atoms with Crippen LogP contribution >= 0.6 is 0 Å². The lowest BCUT2D eigenvalue weighted by molar-refractivity contribution is -0.157. The first-order valence-corrected chi connectivity index (χ1v) is 21.7. The number of ether oxygens (including phenoxy) is 5. The van der Waals surface area contributed by atoms with Gasteiger partial charge in [0.05, 0.1) is 64.6 Å². The minimum atomic E-state index is -1.53. The number of aromatic nitrogens is 4. The van der Waals surface area contributed by atoms with Crippen LogP contribution in [0.1, 0.15) is 111 Å². The first kappa shape index (κ1) is 40.6. The molecule has 0 spiro atoms. The molecule has 14 nitrogen and oxygen atoms in total. The van der Waals surface area contributed by atoms with E-state index in [1.165, 1.54) is 0 Å². The Bertz CT molecular complexity index is 3120. The summed E-state index contributed by atoms with van der Waals surface area (Å²) in [6.07, 6.45) is -0.0934. The third-order valence-corrected chi connectivity index (χ3v) is 12.4. The molecule has 10 heterocycles. The third-order valence-electron chi connectivity index (χ3n) is 12.4. The number of carbonyl (C=O) groups is 1. The van der Waals surface area contributed by atoms with Gasteiger partial charge in [0.1, 0.15) is 30.8 Å². The Morgan fingerprint density at radius 2 is 1.32 bits per heavy atom. The fraction of sp³-hybridized carbons (Fsp3) is 0.367. The highest BCUT2D eigenvalue weighted by atomic mass is 16.7. The van der Waals surface area contributed by atoms with E-state index in [0.717, 1.165) is 50.7 Å². The highest BCUT2D eigenvalue weighted by Crippen LogP contribution is 2.46. The normalized spacial score (nSPS) is 19.9. The smallest absolute Gasteiger partial charge is 0.340 e. The summed E-state index contributed by atoms with van der Waals surface area (Å²) < 4.78 is 32.1. The lowest BCUT2D eigenvalue weighted by Crippen LogP contribution is -2.32. The zero-order chi connectivity index (χ0) is 44.2. The molecule has 6 aliphatic rings. The molecule has 12 rings (SSSR count). The van der Waals surface area contributed by atoms with E-state index in [0.29, 0.717) is 69.9 Å². The minimum Gasteiger partial charge on any atom is -0.492 e. The number of pyridine rings is 4. The maximum Gasteiger partial charge on any atom is 0.340 e. The van der Waals surface area contributed by atoms with E-state index in [9.17, 15) is 24.6 Å². The molecular weight excluding hydrogens is 805 g/mol. The summed E-state index contributed by atoms with van der Waals surface area (Å²) in [6, 6.07) is 13.3. The number of hydrogen-bond donors (Lipinski definition) is 2. The predicted molar refractivity (Wildman–Crippen MR) is 234 cm³/mol. The standard InChI is InChI=1S/C45H36N4O10.2C2H6/c1-45(2,3)12-26-23-9-35-36(59-18-58-35)11-31(23)47-39-27(26)14-49-33(39)7-24-28(43(49)53)16-56-37(40(24)50)6-21-15-55-34-10-30-19(5-22(21)34)4-20-13-48-32(38(20)46-30)8-25-29(42(48)52)17-57-44(54)41(25)51;2*1-2/h4-11,21,40-41,50-51H,12-18H2,1-3H3;2*1-2H3/b37-6+;;. The predicted octanol–water partition coefficient (Wildman–Crippen LogP) is 7.25. The number of hydrogen-bond acceptors (Lipinski definition) is 12. The molecule has 0 amide bonds. The van der Waals surface area contributed by atoms with Gasteiger partial charge in [-0.25, -0.2) is 14.8 Å². The molecule has 0 radical (unpaired) electrons. The van der Waals surface area contributed by atoms with Crippen molar-refractivity contribution in [3.05, 3.63) is 120 Å². The van der Waals surface area contributed by atoms with Crippen molar-refractivity contribution in [1.82, 2.24) is 19.1 Å². The summed E-state index contributed by atoms with van der Waals surface area (Å²) in [5.41, 5.74) is 8.58. The Balaban J connectivity index is 0.00000115. The summed E-state index contributed by atoms with van der Waals surface area (Å²) in [4.78, 5) is 49.7. The average Bonchev–Trinajstić information content (AvgIpc) is 4.07. The van der Waals surface area contributed by atoms with Crippen LogP contribution in [0, 0.1) is 5.41 Å². The molecule has 6 aliphatic heterocycles. The molecule has 14 heteroatoms. The van der Waals surface area contributed by atoms with Gasteiger partial charge >= 0.3 is 5.97 Å². The maximum absolute atomic E-state index is 14.2. The lowest BCUT2D eigenvalue weighted by atomic mass is 9.84. The molecule has 0 saturated heterocycles. The van der Waals surface area contributed by atoms with Gasteiger partial charge in [-0.1, -0.05) is 48.5 Å². The number of aliphatic hydroxyl groups excluding tert-OH is 2. The number of fused-ring (bicyclic) bond motifs is 12. The second-order valence-electron chi connectivity index (χ2n) is 17.4. The van der Waals surface area contributed by atoms with Gasteiger partial charge in [-0.15, -0.1) is 0 Å². The molecule has 324 valence electrons. The summed E-state index contributed by atoms with van der Waals surface area (Å²) in [6.45, 7) is 15.5. The zero-order valence-electron chi connectivity index (χ0n) is 36.2. The number of esters is 1. The van der Waals surface area contributed by atoms with E-state index in [1.54, 1.807) is 15.2 Å². The van der Waals surface area contributed by atoms with E-state index < -0.39 is 18.2 Å². The molecule has 6 aromatic rings. The molecule has 63 heavy (non-hydrogen) atoms. The summed E-state index contributed by atoms with van der Waals surface area (Å²) in [5, 5.41) is 24.2. The average molecular weight is 853 g/mol. The molecule has 2 N–H and O–H groups in total. The molecule has 3 unspecified atom stereocenters. The van der Waals surface area contributed by atoms with E-state index >= 15 is 0 Å². The van der Waals surface area contributed by atoms with Crippen molar-refractivity contribution in [2.45, 2.75) is 99.3 Å². The van der Waals surface area contributed by atoms with Crippen molar-refractivity contribution < 1.29 is 38.7 Å². The van der Waals surface area contributed by atoms with Crippen LogP contribution in [0.25, 0.3) is 44.6 Å². The Hall–Kier alpha value is -6.51. The van der Waals surface area contributed by atoms with Gasteiger partial charge in [0.25, 0.3) is 11.1 Å². The minimum absolute atomic E-state index is 0.00815. The van der Waals surface area contributed by atoms with Gasteiger partial charge in [0.2, 0.25) is 6.79 Å². The van der Waals surface area contributed by atoms with Crippen LogP contribution in [0.2, 0.25) is 0 Å². The number of benzene rings is 2. The quantitative estimate of drug-likeness (QED) is 0.167. The molecular formula is C49H48N4O10. The Morgan fingerprint density at radius 3 is 2.05 bits per heavy atom. The molecule has 2 aromatic carbocycles. The fourth-order valence-electron chi connectivity index (χ4n) is 9.61. The van der Waals surface area contributed by atoms with Crippen LogP contribution in [0.4, 0.5) is 0 Å². The number of cyclic esters (lactones) is 1. The highest BCUT2D eigenvalue weighted by molar-refractivity contribution is 5.91. The number of aliphatic hydroxyl groups is 2. The van der Waals surface area contributed by atoms with Gasteiger partial charge in [-0.2, -0.15) is 0 Å². The molecule has 3 atom stereocenters. The zero-order valence-corrected chi connectivity index (χ0v) is 36.2. The van der Waals surface area contributed by atoms with Crippen LogP contribution in [-0.4, -0.2) is 48.7 Å². The maximum atomic E-state index is 14.2. The highest BCUT2D eigenvalue weighted by Gasteiger charge is 2.37. The van der Waals surface area contributed by atoms with E-state index in [2.05, 4.69) is 20.8 Å². The van der Waals surface area contributed by atoms with Crippen LogP contribution in [0.5, 0.6) is 17.2 Å². The number of rotatable bonds is 2. The van der Waals surface area contributed by atoms with Gasteiger partial charge in [-0.05, 0) is 53.8 Å². The fourth-order valence-corrected chi connectivity index (χ4v) is 9.61. The molecule has 4 aromatic heterocycles. The monoisotopic (exact) mass is 852 g/mol. The lowest BCUT2D eigenvalue weighted by Gasteiger charge is -2.26. The Kier molecular flexibility index (Phi) is 9.53. The molecule has 0 aliphatic carbocycles. The van der Waals surface area contributed by atoms with E-state index in [-0.39, 0.29) is 60.1 Å². The SMILES string of the molecule is CC.CC.CC(C)(C)Cc1c2c(nc3cc4c(cc13)OCO4)-c1cc3c(c(=O)n1C2)CO/C(=C/C1COc2cc4nc5c(cc4cc21)Cn1c-5cc2c(c1=O)COC(=O)C2O)C3O. The van der Waals surface area contributed by atoms with Crippen LogP contribution in [0.3, 0.4) is 0 Å². The third kappa shape index (κ3) is 6.24. The first-order chi connectivity index (χ1) is 30.4. The topological polar surface area (TPSA) is 173 Å². The van der Waals surface area contributed by atoms with E-state index in [4.69, 9.17) is 33.7 Å². The first-order valence-electron chi connectivity index (χ1n) is 21.7. The van der Waals surface area contributed by atoms with Crippen molar-refractivity contribution in [2.75, 3.05) is 13.4 Å². The van der Waals surface area contributed by atoms with Gasteiger partial charge in [0.15, 0.2) is 17.6 Å². The largest absolute Gasteiger partial charge is 0.492 e. The van der Waals surface area contributed by atoms with Gasteiger partial charge in [0, 0.05) is 56.6 Å². The summed E-state index contributed by atoms with van der Waals surface area (Å²) >= 11 is 0. The van der Waals surface area contributed by atoms with Gasteiger partial charge < -0.3 is 43.0 Å². The Labute approximate surface area is 362 Å². The van der Waals surface area contributed by atoms with Crippen LogP contribution < -0.4 is 25.3 Å². The van der Waals surface area contributed by atoms with E-state index in [1.807, 2.05) is 70.2 Å². The second-order valence-corrected chi connectivity index (χ2v) is 17.4. The van der Waals surface area contributed by atoms with Crippen molar-refractivity contribution in [3.63, 3.8) is 0 Å². The number of nitrogens with zero attached hydrogens (tertiary/aromatic N) is 4. The van der Waals surface area contributed by atoms with Crippen LogP contribution in [-0.2, 0) is 47.0 Å². The molecule has 0 saturated carbocycles. The second kappa shape index (κ2) is 14.8. The summed E-state index contributed by atoms with van der Waals surface area (Å²) in [7, 11) is 0. The van der Waals surface area contributed by atoms with Crippen molar-refractivity contribution in [3.8, 4) is 40.0 Å². The molecule has 0 fully saturated rings. The van der Waals surface area contributed by atoms with Gasteiger partial charge in [-0.3, -0.25) is 9.59 Å². The van der Waals surface area contributed by atoms with Crippen LogP contribution in [0.15, 0.2) is 63.9 Å². The van der Waals surface area contributed by atoms with Crippen molar-refractivity contribution >= 4 is 27.8 Å². The Morgan fingerprint density at radius 1 is 0.683 bits per heavy atom. The van der Waals surface area contributed by atoms with Crippen molar-refractivity contribution in [2.24, 2.45) is 5.41 Å². The summed E-state index contributed by atoms with van der Waals surface area (Å²) in [5.74, 6) is 1.24. The van der Waals surface area contributed by atoms with Crippen molar-refractivity contribution in [1.29, 1.82) is 0 Å². The number of carbonyl (C=O) groups excluding carboxylic acids is 1.